The van der Waals surface area contributed by atoms with Crippen LogP contribution in [0.4, 0.5) is 5.69 Å². The molecule has 1 N–H and O–H groups in total. The number of aromatic nitrogens is 2. The lowest BCUT2D eigenvalue weighted by Gasteiger charge is -2.26. The molecule has 9 heteroatoms. The molecule has 4 rings (SSSR count). The summed E-state index contributed by atoms with van der Waals surface area (Å²) in [5.41, 5.74) is 4.78. The van der Waals surface area contributed by atoms with Gasteiger partial charge >= 0.3 is 0 Å². The second-order valence-corrected chi connectivity index (χ2v) is 9.88. The first kappa shape index (κ1) is 23.3. The monoisotopic (exact) mass is 468 g/mol. The number of amides is 1. The van der Waals surface area contributed by atoms with Crippen LogP contribution in [0.5, 0.6) is 0 Å². The minimum absolute atomic E-state index is 0.186. The molecule has 8 nitrogen and oxygen atoms in total. The van der Waals surface area contributed by atoms with Crippen LogP contribution in [0.25, 0.3) is 11.0 Å². The average molecular weight is 469 g/mol. The van der Waals surface area contributed by atoms with Crippen molar-refractivity contribution in [1.29, 1.82) is 0 Å². The second kappa shape index (κ2) is 9.54. The summed E-state index contributed by atoms with van der Waals surface area (Å²) < 4.78 is 32.9. The number of hydrogen-bond acceptors (Lipinski definition) is 6. The van der Waals surface area contributed by atoms with Gasteiger partial charge in [0.1, 0.15) is 0 Å². The van der Waals surface area contributed by atoms with Crippen molar-refractivity contribution in [2.24, 2.45) is 0 Å². The van der Waals surface area contributed by atoms with E-state index in [2.05, 4.69) is 15.3 Å². The molecular weight excluding hydrogens is 440 g/mol. The van der Waals surface area contributed by atoms with Crippen molar-refractivity contribution >= 4 is 32.7 Å². The molecule has 1 aliphatic rings. The third-order valence-electron chi connectivity index (χ3n) is 5.79. The lowest BCUT2D eigenvalue weighted by molar-refractivity contribution is 0.0730. The number of aryl methyl sites for hydroxylation is 3. The standard InChI is InChI=1S/C24H28N4O4S/c1-4-19-20(5-2)27-22-14-17(7-9-21(22)26-19)24(29)25-18-8-6-16(3)23(15-18)33(30,31)28-10-12-32-13-11-28/h6-9,14-15H,4-5,10-13H2,1-3H3,(H,25,29). The topological polar surface area (TPSA) is 101 Å². The van der Waals surface area contributed by atoms with E-state index in [0.29, 0.717) is 48.6 Å². The summed E-state index contributed by atoms with van der Waals surface area (Å²) in [5.74, 6) is -0.338. The minimum atomic E-state index is -3.68. The highest BCUT2D eigenvalue weighted by molar-refractivity contribution is 7.89. The van der Waals surface area contributed by atoms with E-state index in [1.807, 2.05) is 13.8 Å². The molecule has 0 atom stereocenters. The zero-order valence-corrected chi connectivity index (χ0v) is 19.9. The van der Waals surface area contributed by atoms with Crippen LogP contribution in [0.3, 0.4) is 0 Å². The van der Waals surface area contributed by atoms with Crippen molar-refractivity contribution in [3.05, 3.63) is 58.9 Å². The van der Waals surface area contributed by atoms with Crippen LogP contribution in [0.1, 0.15) is 41.2 Å². The lowest BCUT2D eigenvalue weighted by atomic mass is 10.1. The Kier molecular flexibility index (Phi) is 6.73. The Hall–Kier alpha value is -2.88. The molecule has 1 aliphatic heterocycles. The Morgan fingerprint density at radius 3 is 2.33 bits per heavy atom. The van der Waals surface area contributed by atoms with E-state index in [1.54, 1.807) is 37.3 Å². The second-order valence-electron chi connectivity index (χ2n) is 7.98. The van der Waals surface area contributed by atoms with Crippen molar-refractivity contribution in [3.63, 3.8) is 0 Å². The minimum Gasteiger partial charge on any atom is -0.379 e. The van der Waals surface area contributed by atoms with E-state index in [0.717, 1.165) is 29.7 Å². The molecule has 0 aliphatic carbocycles. The molecular formula is C24H28N4O4S. The highest BCUT2D eigenvalue weighted by atomic mass is 32.2. The van der Waals surface area contributed by atoms with Gasteiger partial charge < -0.3 is 10.1 Å². The molecule has 1 amide bonds. The van der Waals surface area contributed by atoms with E-state index in [4.69, 9.17) is 4.74 Å². The van der Waals surface area contributed by atoms with Gasteiger partial charge in [-0.2, -0.15) is 4.31 Å². The van der Waals surface area contributed by atoms with E-state index in [1.165, 1.54) is 10.4 Å². The number of fused-ring (bicyclic) bond motifs is 1. The Bertz CT molecular complexity index is 1300. The molecule has 2 heterocycles. The van der Waals surface area contributed by atoms with Gasteiger partial charge in [0, 0.05) is 24.3 Å². The van der Waals surface area contributed by atoms with Crippen LogP contribution < -0.4 is 5.32 Å². The molecule has 0 spiro atoms. The maximum absolute atomic E-state index is 13.1. The van der Waals surface area contributed by atoms with Crippen LogP contribution in [-0.4, -0.2) is 54.9 Å². The smallest absolute Gasteiger partial charge is 0.255 e. The predicted octanol–water partition coefficient (Wildman–Crippen LogP) is 3.34. The van der Waals surface area contributed by atoms with Crippen molar-refractivity contribution in [1.82, 2.24) is 14.3 Å². The van der Waals surface area contributed by atoms with Gasteiger partial charge in [-0.25, -0.2) is 18.4 Å². The van der Waals surface area contributed by atoms with Crippen LogP contribution >= 0.6 is 0 Å². The summed E-state index contributed by atoms with van der Waals surface area (Å²) in [6, 6.07) is 10.1. The van der Waals surface area contributed by atoms with Gasteiger partial charge in [-0.05, 0) is 55.7 Å². The largest absolute Gasteiger partial charge is 0.379 e. The zero-order valence-electron chi connectivity index (χ0n) is 19.1. The number of benzene rings is 2. The Labute approximate surface area is 194 Å². The normalized spacial score (nSPS) is 15.0. The van der Waals surface area contributed by atoms with Gasteiger partial charge in [0.2, 0.25) is 10.0 Å². The maximum atomic E-state index is 13.1. The number of hydrogen-bond donors (Lipinski definition) is 1. The maximum Gasteiger partial charge on any atom is 0.255 e. The molecule has 2 aromatic carbocycles. The molecule has 3 aromatic rings. The summed E-state index contributed by atoms with van der Waals surface area (Å²) in [6.07, 6.45) is 1.57. The first-order valence-electron chi connectivity index (χ1n) is 11.1. The van der Waals surface area contributed by atoms with Gasteiger partial charge in [-0.1, -0.05) is 19.9 Å². The average Bonchev–Trinajstić information content (AvgIpc) is 2.84. The third kappa shape index (κ3) is 4.75. The van der Waals surface area contributed by atoms with Crippen LogP contribution in [-0.2, 0) is 27.6 Å². The van der Waals surface area contributed by atoms with Crippen molar-refractivity contribution in [3.8, 4) is 0 Å². The number of rotatable bonds is 6. The molecule has 0 unspecified atom stereocenters. The van der Waals surface area contributed by atoms with Crippen molar-refractivity contribution < 1.29 is 17.9 Å². The Morgan fingerprint density at radius 1 is 1.00 bits per heavy atom. The fourth-order valence-corrected chi connectivity index (χ4v) is 5.58. The number of nitrogens with zero attached hydrogens (tertiary/aromatic N) is 3. The third-order valence-corrected chi connectivity index (χ3v) is 7.83. The van der Waals surface area contributed by atoms with E-state index >= 15 is 0 Å². The zero-order chi connectivity index (χ0) is 23.6. The summed E-state index contributed by atoms with van der Waals surface area (Å²) in [7, 11) is -3.68. The van der Waals surface area contributed by atoms with Crippen molar-refractivity contribution in [2.75, 3.05) is 31.6 Å². The van der Waals surface area contributed by atoms with Crippen molar-refractivity contribution in [2.45, 2.75) is 38.5 Å². The quantitative estimate of drug-likeness (QED) is 0.595. The van der Waals surface area contributed by atoms with Crippen LogP contribution in [0.2, 0.25) is 0 Å². The number of nitrogens with one attached hydrogen (secondary N) is 1. The van der Waals surface area contributed by atoms with E-state index in [-0.39, 0.29) is 10.8 Å². The highest BCUT2D eigenvalue weighted by Crippen LogP contribution is 2.25. The van der Waals surface area contributed by atoms with Gasteiger partial charge in [0.05, 0.1) is 40.5 Å². The predicted molar refractivity (Wildman–Crippen MR) is 127 cm³/mol. The number of carbonyl (C=O) groups excluding carboxylic acids is 1. The molecule has 0 saturated carbocycles. The van der Waals surface area contributed by atoms with Crippen LogP contribution in [0.15, 0.2) is 41.3 Å². The van der Waals surface area contributed by atoms with Gasteiger partial charge in [0.15, 0.2) is 0 Å². The summed E-state index contributed by atoms with van der Waals surface area (Å²) in [4.78, 5) is 22.5. The van der Waals surface area contributed by atoms with E-state index < -0.39 is 10.0 Å². The number of carbonyl (C=O) groups is 1. The highest BCUT2D eigenvalue weighted by Gasteiger charge is 2.28. The summed E-state index contributed by atoms with van der Waals surface area (Å²) in [6.45, 7) is 7.21. The lowest BCUT2D eigenvalue weighted by Crippen LogP contribution is -2.40. The molecule has 0 bridgehead atoms. The van der Waals surface area contributed by atoms with Gasteiger partial charge in [-0.15, -0.1) is 0 Å². The Balaban J connectivity index is 1.61. The summed E-state index contributed by atoms with van der Waals surface area (Å²) >= 11 is 0. The molecule has 0 radical (unpaired) electrons. The summed E-state index contributed by atoms with van der Waals surface area (Å²) in [5, 5.41) is 2.82. The number of morpholine rings is 1. The number of sulfonamides is 1. The SMILES string of the molecule is CCc1nc2ccc(C(=O)Nc3ccc(C)c(S(=O)(=O)N4CCOCC4)c3)cc2nc1CC. The first-order valence-corrected chi connectivity index (χ1v) is 12.6. The molecule has 1 aromatic heterocycles. The van der Waals surface area contributed by atoms with E-state index in [9.17, 15) is 13.2 Å². The van der Waals surface area contributed by atoms with Gasteiger partial charge in [-0.3, -0.25) is 4.79 Å². The molecule has 1 saturated heterocycles. The number of ether oxygens (including phenoxy) is 1. The molecule has 174 valence electrons. The molecule has 1 fully saturated rings. The van der Waals surface area contributed by atoms with Gasteiger partial charge in [0.25, 0.3) is 5.91 Å². The fourth-order valence-electron chi connectivity index (χ4n) is 3.92. The Morgan fingerprint density at radius 2 is 1.67 bits per heavy atom. The molecule has 33 heavy (non-hydrogen) atoms. The number of anilines is 1. The fraction of sp³-hybridized carbons (Fsp3) is 0.375. The first-order chi connectivity index (χ1) is 15.8. The van der Waals surface area contributed by atoms with Crippen LogP contribution in [0, 0.1) is 6.92 Å².